The van der Waals surface area contributed by atoms with Crippen LogP contribution in [0.15, 0.2) is 0 Å². The van der Waals surface area contributed by atoms with Crippen LogP contribution in [0.1, 0.15) is 39.5 Å². The fourth-order valence-electron chi connectivity index (χ4n) is 3.76. The van der Waals surface area contributed by atoms with Gasteiger partial charge in [0.2, 0.25) is 11.8 Å². The average molecular weight is 521 g/mol. The van der Waals surface area contributed by atoms with Gasteiger partial charge >= 0.3 is 11.9 Å². The van der Waals surface area contributed by atoms with Crippen molar-refractivity contribution < 1.29 is 38.2 Å². The number of rotatable bonds is 19. The molecule has 2 amide bonds. The summed E-state index contributed by atoms with van der Waals surface area (Å²) in [5, 5.41) is 24.4. The Morgan fingerprint density at radius 3 is 1.29 bits per heavy atom. The van der Waals surface area contributed by atoms with Crippen molar-refractivity contribution in [2.24, 2.45) is 11.8 Å². The lowest BCUT2D eigenvalue weighted by Crippen LogP contribution is -2.39. The van der Waals surface area contributed by atoms with Gasteiger partial charge in [-0.2, -0.15) is 0 Å². The lowest BCUT2D eigenvalue weighted by Gasteiger charge is -2.22. The standard InChI is InChI=1S/C22H44N2O8Si2/c1-7-31-33(3,4)13-9-11-23-19(25)15-17(21(27)28)18(22(29)30)16-20(26)24-12-10-14-34(5,6)32-8-2/h17-18H,7-16H2,1-6H3,(H,23,25)(H,24,26)(H,27,28)(H,29,30). The summed E-state index contributed by atoms with van der Waals surface area (Å²) < 4.78 is 11.5. The Morgan fingerprint density at radius 2 is 1.03 bits per heavy atom. The highest BCUT2D eigenvalue weighted by Crippen LogP contribution is 2.21. The molecule has 0 aliphatic rings. The largest absolute Gasteiger partial charge is 0.481 e. The van der Waals surface area contributed by atoms with Crippen molar-refractivity contribution in [1.82, 2.24) is 10.6 Å². The molecule has 2 atom stereocenters. The normalized spacial score (nSPS) is 13.7. The number of hydrogen-bond acceptors (Lipinski definition) is 6. The fourth-order valence-corrected chi connectivity index (χ4v) is 7.66. The van der Waals surface area contributed by atoms with Crippen molar-refractivity contribution in [2.45, 2.75) is 77.8 Å². The SMILES string of the molecule is CCO[Si](C)(C)CCCNC(=O)CC(C(=O)O)C(CC(=O)NCCC[Si](C)(C)OCC)C(=O)O. The molecule has 4 N–H and O–H groups in total. The first-order valence-corrected chi connectivity index (χ1v) is 18.2. The van der Waals surface area contributed by atoms with Gasteiger partial charge in [-0.05, 0) is 65.0 Å². The van der Waals surface area contributed by atoms with Crippen molar-refractivity contribution in [3.8, 4) is 0 Å². The van der Waals surface area contributed by atoms with Crippen LogP contribution in [0, 0.1) is 11.8 Å². The van der Waals surface area contributed by atoms with E-state index in [1.54, 1.807) is 0 Å². The van der Waals surface area contributed by atoms with Gasteiger partial charge in [-0.25, -0.2) is 0 Å². The molecular formula is C22H44N2O8Si2. The van der Waals surface area contributed by atoms with Crippen LogP contribution >= 0.6 is 0 Å². The lowest BCUT2D eigenvalue weighted by atomic mass is 9.86. The summed E-state index contributed by atoms with van der Waals surface area (Å²) in [5.41, 5.74) is 0. The summed E-state index contributed by atoms with van der Waals surface area (Å²) in [6.07, 6.45) is 0.382. The van der Waals surface area contributed by atoms with Crippen molar-refractivity contribution in [2.75, 3.05) is 26.3 Å². The third kappa shape index (κ3) is 14.5. The van der Waals surface area contributed by atoms with Gasteiger partial charge in [-0.1, -0.05) is 0 Å². The van der Waals surface area contributed by atoms with E-state index in [-0.39, 0.29) is 0 Å². The highest BCUT2D eigenvalue weighted by atomic mass is 28.4. The first-order chi connectivity index (χ1) is 15.7. The van der Waals surface area contributed by atoms with E-state index in [0.717, 1.165) is 12.1 Å². The van der Waals surface area contributed by atoms with E-state index in [2.05, 4.69) is 36.8 Å². The Balaban J connectivity index is 4.73. The van der Waals surface area contributed by atoms with Gasteiger partial charge in [0, 0.05) is 39.1 Å². The molecule has 0 aromatic carbocycles. The van der Waals surface area contributed by atoms with E-state index in [1.807, 2.05) is 13.8 Å². The summed E-state index contributed by atoms with van der Waals surface area (Å²) in [6, 6.07) is 1.68. The molecule has 0 saturated heterocycles. The minimum Gasteiger partial charge on any atom is -0.481 e. The van der Waals surface area contributed by atoms with Gasteiger partial charge in [0.05, 0.1) is 11.8 Å². The molecule has 2 unspecified atom stereocenters. The third-order valence-corrected chi connectivity index (χ3v) is 10.8. The van der Waals surface area contributed by atoms with E-state index < -0.39 is 65.1 Å². The molecule has 0 rings (SSSR count). The zero-order valence-electron chi connectivity index (χ0n) is 21.6. The lowest BCUT2D eigenvalue weighted by molar-refractivity contribution is -0.156. The van der Waals surface area contributed by atoms with Gasteiger partial charge in [-0.3, -0.25) is 19.2 Å². The first-order valence-electron chi connectivity index (χ1n) is 12.0. The topological polar surface area (TPSA) is 151 Å². The zero-order valence-corrected chi connectivity index (χ0v) is 23.6. The predicted molar refractivity (Wildman–Crippen MR) is 135 cm³/mol. The van der Waals surface area contributed by atoms with Crippen LogP contribution in [0.25, 0.3) is 0 Å². The minimum atomic E-state index is -1.78. The summed E-state index contributed by atoms with van der Waals surface area (Å²) >= 11 is 0. The third-order valence-electron chi connectivity index (χ3n) is 5.56. The molecule has 0 aromatic rings. The molecule has 0 fully saturated rings. The number of carbonyl (C=O) groups is 4. The number of hydrogen-bond donors (Lipinski definition) is 4. The van der Waals surface area contributed by atoms with E-state index in [9.17, 15) is 29.4 Å². The number of nitrogens with one attached hydrogen (secondary N) is 2. The molecule has 10 nitrogen and oxygen atoms in total. The second-order valence-electron chi connectivity index (χ2n) is 9.59. The van der Waals surface area contributed by atoms with Crippen molar-refractivity contribution >= 4 is 40.4 Å². The van der Waals surface area contributed by atoms with Crippen LogP contribution in [0.3, 0.4) is 0 Å². The monoisotopic (exact) mass is 520 g/mol. The predicted octanol–water partition coefficient (Wildman–Crippen LogP) is 2.66. The van der Waals surface area contributed by atoms with Gasteiger partial charge in [0.25, 0.3) is 0 Å². The van der Waals surface area contributed by atoms with Crippen LogP contribution in [0.4, 0.5) is 0 Å². The maximum absolute atomic E-state index is 12.3. The Kier molecular flexibility index (Phi) is 15.2. The van der Waals surface area contributed by atoms with Crippen molar-refractivity contribution in [3.05, 3.63) is 0 Å². The zero-order chi connectivity index (χ0) is 26.4. The molecule has 0 spiro atoms. The molecule has 0 radical (unpaired) electrons. The second-order valence-corrected chi connectivity index (χ2v) is 18.2. The molecule has 0 aliphatic carbocycles. The number of aliphatic carboxylic acids is 2. The van der Waals surface area contributed by atoms with Crippen LogP contribution in [-0.2, 0) is 28.0 Å². The minimum absolute atomic E-state index is 0.355. The molecular weight excluding hydrogens is 476 g/mol. The number of carboxylic acid groups (broad SMARTS) is 2. The van der Waals surface area contributed by atoms with Crippen LogP contribution in [0.5, 0.6) is 0 Å². The van der Waals surface area contributed by atoms with Gasteiger partial charge in [-0.15, -0.1) is 0 Å². The number of carboxylic acids is 2. The van der Waals surface area contributed by atoms with E-state index >= 15 is 0 Å². The van der Waals surface area contributed by atoms with E-state index in [0.29, 0.717) is 39.1 Å². The quantitative estimate of drug-likeness (QED) is 0.150. The average Bonchev–Trinajstić information content (AvgIpc) is 2.70. The molecule has 0 aliphatic heterocycles. The fraction of sp³-hybridized carbons (Fsp3) is 0.818. The Labute approximate surface area is 205 Å². The van der Waals surface area contributed by atoms with Crippen molar-refractivity contribution in [1.29, 1.82) is 0 Å². The number of carbonyl (C=O) groups excluding carboxylic acids is 2. The highest BCUT2D eigenvalue weighted by molar-refractivity contribution is 6.71. The maximum atomic E-state index is 12.3. The van der Waals surface area contributed by atoms with Gasteiger partial charge in [0.1, 0.15) is 0 Å². The smallest absolute Gasteiger partial charge is 0.307 e. The molecule has 198 valence electrons. The Morgan fingerprint density at radius 1 is 0.706 bits per heavy atom. The molecule has 12 heteroatoms. The second kappa shape index (κ2) is 16.0. The summed E-state index contributed by atoms with van der Waals surface area (Å²) in [6.45, 7) is 14.2. The van der Waals surface area contributed by atoms with Crippen LogP contribution in [-0.4, -0.2) is 76.9 Å². The molecule has 34 heavy (non-hydrogen) atoms. The van der Waals surface area contributed by atoms with Gasteiger partial charge in [0.15, 0.2) is 16.6 Å². The molecule has 0 saturated carbocycles. The first kappa shape index (κ1) is 32.2. The number of amides is 2. The summed E-state index contributed by atoms with van der Waals surface area (Å²) in [4.78, 5) is 48.0. The maximum Gasteiger partial charge on any atom is 0.307 e. The van der Waals surface area contributed by atoms with Gasteiger partial charge < -0.3 is 29.7 Å². The Hall–Kier alpha value is -1.77. The van der Waals surface area contributed by atoms with E-state index in [1.165, 1.54) is 0 Å². The van der Waals surface area contributed by atoms with Crippen LogP contribution < -0.4 is 10.6 Å². The van der Waals surface area contributed by atoms with Crippen LogP contribution in [0.2, 0.25) is 38.3 Å². The summed E-state index contributed by atoms with van der Waals surface area (Å²) in [5.74, 6) is -6.91. The van der Waals surface area contributed by atoms with Crippen molar-refractivity contribution in [3.63, 3.8) is 0 Å². The molecule has 0 aromatic heterocycles. The summed E-state index contributed by atoms with van der Waals surface area (Å²) in [7, 11) is -3.56. The molecule has 0 bridgehead atoms. The highest BCUT2D eigenvalue weighted by Gasteiger charge is 2.37. The molecule has 0 heterocycles. The van der Waals surface area contributed by atoms with E-state index in [4.69, 9.17) is 8.85 Å². The Bertz CT molecular complexity index is 617.